The van der Waals surface area contributed by atoms with Gasteiger partial charge in [0.25, 0.3) is 0 Å². The zero-order chi connectivity index (χ0) is 13.9. The molecule has 0 aliphatic heterocycles. The van der Waals surface area contributed by atoms with Crippen LogP contribution in [0.4, 0.5) is 12.9 Å². The maximum atomic E-state index is 12.6. The van der Waals surface area contributed by atoms with Crippen LogP contribution in [0.3, 0.4) is 0 Å². The maximum Gasteiger partial charge on any atom is 0.509 e. The van der Waals surface area contributed by atoms with Gasteiger partial charge in [-0.15, -0.1) is 5.46 Å². The molecule has 0 saturated carbocycles. The topological polar surface area (TPSA) is 22.1 Å². The molecule has 1 aromatic carbocycles. The summed E-state index contributed by atoms with van der Waals surface area (Å²) in [6.45, 7) is -3.05. The smallest absolute Gasteiger partial charge is 0.489 e. The molecule has 0 atom stereocenters. The van der Waals surface area contributed by atoms with Gasteiger partial charge in [-0.1, -0.05) is 12.1 Å². The standard InChI is InChI=1S/C13H12BF3NO/c1-10-8-12(14(15,16)17)2-3-13(10)19-9-11-4-6-18-7-5-11/h2-8H,9H2,1H3/q-1. The fourth-order valence-corrected chi connectivity index (χ4v) is 1.68. The van der Waals surface area contributed by atoms with Gasteiger partial charge >= 0.3 is 6.98 Å². The molecule has 0 aliphatic carbocycles. The average Bonchev–Trinajstić information content (AvgIpc) is 2.37. The molecule has 0 N–H and O–H groups in total. The Bertz CT molecular complexity index is 558. The first-order valence-corrected chi connectivity index (χ1v) is 5.79. The average molecular weight is 266 g/mol. The summed E-state index contributed by atoms with van der Waals surface area (Å²) in [7, 11) is 0. The van der Waals surface area contributed by atoms with Crippen LogP contribution < -0.4 is 10.2 Å². The van der Waals surface area contributed by atoms with Gasteiger partial charge in [-0.3, -0.25) is 4.98 Å². The Labute approximate surface area is 109 Å². The second kappa shape index (κ2) is 5.34. The Kier molecular flexibility index (Phi) is 3.78. The Morgan fingerprint density at radius 3 is 2.37 bits per heavy atom. The first-order chi connectivity index (χ1) is 8.97. The molecule has 1 heterocycles. The summed E-state index contributed by atoms with van der Waals surface area (Å²) in [6.07, 6.45) is 3.28. The Morgan fingerprint density at radius 2 is 1.79 bits per heavy atom. The Balaban J connectivity index is 2.10. The molecule has 2 aromatic rings. The lowest BCUT2D eigenvalue weighted by Gasteiger charge is -2.17. The van der Waals surface area contributed by atoms with Crippen molar-refractivity contribution in [3.63, 3.8) is 0 Å². The van der Waals surface area contributed by atoms with E-state index in [1.165, 1.54) is 6.07 Å². The molecule has 1 aromatic heterocycles. The molecular weight excluding hydrogens is 254 g/mol. The number of rotatable bonds is 4. The highest BCUT2D eigenvalue weighted by molar-refractivity contribution is 6.73. The quantitative estimate of drug-likeness (QED) is 0.793. The number of benzene rings is 1. The summed E-state index contributed by atoms with van der Waals surface area (Å²) in [6, 6.07) is 7.11. The molecule has 19 heavy (non-hydrogen) atoms. The van der Waals surface area contributed by atoms with Crippen molar-refractivity contribution in [2.45, 2.75) is 13.5 Å². The molecule has 2 nitrogen and oxygen atoms in total. The van der Waals surface area contributed by atoms with Crippen molar-refractivity contribution in [1.82, 2.24) is 4.98 Å². The van der Waals surface area contributed by atoms with E-state index in [4.69, 9.17) is 4.74 Å². The van der Waals surface area contributed by atoms with Crippen molar-refractivity contribution >= 4 is 12.4 Å². The van der Waals surface area contributed by atoms with Crippen molar-refractivity contribution in [2.75, 3.05) is 0 Å². The van der Waals surface area contributed by atoms with Gasteiger partial charge in [0.1, 0.15) is 12.4 Å². The summed E-state index contributed by atoms with van der Waals surface area (Å²) in [5.41, 5.74) is 0.790. The van der Waals surface area contributed by atoms with Crippen molar-refractivity contribution in [1.29, 1.82) is 0 Å². The van der Waals surface area contributed by atoms with Crippen LogP contribution in [0.5, 0.6) is 5.75 Å². The summed E-state index contributed by atoms with van der Waals surface area (Å²) in [4.78, 5) is 3.88. The van der Waals surface area contributed by atoms with E-state index in [0.29, 0.717) is 17.9 Å². The number of hydrogen-bond acceptors (Lipinski definition) is 2. The largest absolute Gasteiger partial charge is 0.509 e. The lowest BCUT2D eigenvalue weighted by molar-refractivity contribution is 0.304. The molecule has 2 rings (SSSR count). The van der Waals surface area contributed by atoms with Gasteiger partial charge in [-0.05, 0) is 36.2 Å². The first-order valence-electron chi connectivity index (χ1n) is 5.79. The van der Waals surface area contributed by atoms with Gasteiger partial charge in [-0.2, -0.15) is 0 Å². The van der Waals surface area contributed by atoms with Crippen LogP contribution in [0.1, 0.15) is 11.1 Å². The van der Waals surface area contributed by atoms with E-state index < -0.39 is 12.4 Å². The van der Waals surface area contributed by atoms with Crippen molar-refractivity contribution in [3.05, 3.63) is 53.9 Å². The van der Waals surface area contributed by atoms with Crippen molar-refractivity contribution < 1.29 is 17.7 Å². The molecule has 0 unspecified atom stereocenters. The van der Waals surface area contributed by atoms with E-state index in [0.717, 1.165) is 17.7 Å². The molecule has 0 amide bonds. The van der Waals surface area contributed by atoms with Crippen LogP contribution in [-0.4, -0.2) is 12.0 Å². The number of hydrogen-bond donors (Lipinski definition) is 0. The van der Waals surface area contributed by atoms with Gasteiger partial charge < -0.3 is 17.7 Å². The minimum atomic E-state index is -4.96. The predicted molar refractivity (Wildman–Crippen MR) is 68.5 cm³/mol. The molecular formula is C13H12BF3NO-. The molecule has 6 heteroatoms. The SMILES string of the molecule is Cc1cc([B-](F)(F)F)ccc1OCc1ccncc1. The van der Waals surface area contributed by atoms with Gasteiger partial charge in [0.05, 0.1) is 0 Å². The minimum Gasteiger partial charge on any atom is -0.489 e. The van der Waals surface area contributed by atoms with E-state index >= 15 is 0 Å². The van der Waals surface area contributed by atoms with E-state index in [2.05, 4.69) is 4.98 Å². The second-order valence-electron chi connectivity index (χ2n) is 4.24. The summed E-state index contributed by atoms with van der Waals surface area (Å²) in [5, 5.41) is 0. The number of aromatic nitrogens is 1. The van der Waals surface area contributed by atoms with E-state index in [1.54, 1.807) is 31.5 Å². The first kappa shape index (κ1) is 13.5. The van der Waals surface area contributed by atoms with Gasteiger partial charge in [0.15, 0.2) is 0 Å². The number of aryl methyl sites for hydroxylation is 1. The van der Waals surface area contributed by atoms with Crippen LogP contribution in [-0.2, 0) is 6.61 Å². The Morgan fingerprint density at radius 1 is 1.11 bits per heavy atom. The van der Waals surface area contributed by atoms with E-state index in [-0.39, 0.29) is 0 Å². The van der Waals surface area contributed by atoms with Crippen molar-refractivity contribution in [3.8, 4) is 5.75 Å². The van der Waals surface area contributed by atoms with Crippen LogP contribution in [0.25, 0.3) is 0 Å². The Hall–Kier alpha value is -1.98. The lowest BCUT2D eigenvalue weighted by Crippen LogP contribution is -2.34. The van der Waals surface area contributed by atoms with Crippen LogP contribution in [0, 0.1) is 6.92 Å². The molecule has 0 radical (unpaired) electrons. The highest BCUT2D eigenvalue weighted by Crippen LogP contribution is 2.20. The van der Waals surface area contributed by atoms with Crippen molar-refractivity contribution in [2.24, 2.45) is 0 Å². The minimum absolute atomic E-state index is 0.305. The number of pyridine rings is 1. The van der Waals surface area contributed by atoms with E-state index in [1.807, 2.05) is 0 Å². The monoisotopic (exact) mass is 266 g/mol. The van der Waals surface area contributed by atoms with Gasteiger partial charge in [0.2, 0.25) is 0 Å². The molecule has 0 spiro atoms. The zero-order valence-corrected chi connectivity index (χ0v) is 10.3. The second-order valence-corrected chi connectivity index (χ2v) is 4.24. The highest BCUT2D eigenvalue weighted by atomic mass is 19.4. The maximum absolute atomic E-state index is 12.6. The normalized spacial score (nSPS) is 11.4. The molecule has 0 fully saturated rings. The molecule has 0 aliphatic rings. The molecule has 0 saturated heterocycles. The van der Waals surface area contributed by atoms with Crippen LogP contribution in [0.15, 0.2) is 42.7 Å². The van der Waals surface area contributed by atoms with Crippen LogP contribution in [0.2, 0.25) is 0 Å². The van der Waals surface area contributed by atoms with Gasteiger partial charge in [-0.25, -0.2) is 0 Å². The predicted octanol–water partition coefficient (Wildman–Crippen LogP) is 3.02. The summed E-state index contributed by atoms with van der Waals surface area (Å²) < 4.78 is 43.2. The number of halogens is 3. The zero-order valence-electron chi connectivity index (χ0n) is 10.3. The number of nitrogens with zero attached hydrogens (tertiary/aromatic N) is 1. The fraction of sp³-hybridized carbons (Fsp3) is 0.154. The number of ether oxygens (including phenoxy) is 1. The van der Waals surface area contributed by atoms with E-state index in [9.17, 15) is 12.9 Å². The molecule has 0 bridgehead atoms. The third-order valence-electron chi connectivity index (χ3n) is 2.72. The lowest BCUT2D eigenvalue weighted by atomic mass is 9.79. The fourth-order valence-electron chi connectivity index (χ4n) is 1.68. The summed E-state index contributed by atoms with van der Waals surface area (Å²) in [5.74, 6) is 0.459. The third kappa shape index (κ3) is 3.50. The van der Waals surface area contributed by atoms with Gasteiger partial charge in [0, 0.05) is 12.4 Å². The van der Waals surface area contributed by atoms with Crippen LogP contribution >= 0.6 is 0 Å². The summed E-state index contributed by atoms with van der Waals surface area (Å²) >= 11 is 0. The third-order valence-corrected chi connectivity index (χ3v) is 2.72. The highest BCUT2D eigenvalue weighted by Gasteiger charge is 2.25. The molecule has 100 valence electrons.